The summed E-state index contributed by atoms with van der Waals surface area (Å²) in [7, 11) is 0. The number of primary amides is 1. The fourth-order valence-electron chi connectivity index (χ4n) is 2.54. The molecule has 7 nitrogen and oxygen atoms in total. The molecule has 2 amide bonds. The highest BCUT2D eigenvalue weighted by atomic mass is 16.6. The third-order valence-corrected chi connectivity index (χ3v) is 3.66. The number of nitrogens with zero attached hydrogens (tertiary/aromatic N) is 1. The number of hydrogen-bond donors (Lipinski definition) is 2. The molecule has 3 N–H and O–H groups in total. The minimum atomic E-state index is -0.771. The van der Waals surface area contributed by atoms with Gasteiger partial charge in [-0.3, -0.25) is 19.7 Å². The number of non-ortho nitro benzene ring substituents is 1. The molecule has 0 atom stereocenters. The summed E-state index contributed by atoms with van der Waals surface area (Å²) in [6.45, 7) is 0. The summed E-state index contributed by atoms with van der Waals surface area (Å²) in [6.07, 6.45) is 4.80. The van der Waals surface area contributed by atoms with Crippen LogP contribution in [0.15, 0.2) is 18.2 Å². The molecule has 1 aliphatic rings. The van der Waals surface area contributed by atoms with E-state index in [9.17, 15) is 19.7 Å². The standard InChI is InChI=1S/C14H17N3O4/c15-13(18)10-6-11(8-12(7-10)17(20)21)16-14(19)9-4-2-1-3-5-9/h6-9H,1-5H2,(H2,15,18)(H,16,19). The fraction of sp³-hybridized carbons (Fsp3) is 0.429. The number of nitro groups is 1. The number of anilines is 1. The first-order valence-electron chi connectivity index (χ1n) is 6.87. The largest absolute Gasteiger partial charge is 0.366 e. The molecule has 2 rings (SSSR count). The molecule has 1 aliphatic carbocycles. The SMILES string of the molecule is NC(=O)c1cc(NC(=O)C2CCCCC2)cc([N+](=O)[O-])c1. The number of nitrogens with two attached hydrogens (primary N) is 1. The Bertz CT molecular complexity index is 547. The summed E-state index contributed by atoms with van der Waals surface area (Å²) >= 11 is 0. The molecule has 0 aliphatic heterocycles. The molecule has 0 aromatic heterocycles. The van der Waals surface area contributed by atoms with Crippen LogP contribution in [0.5, 0.6) is 0 Å². The third kappa shape index (κ3) is 3.77. The van der Waals surface area contributed by atoms with E-state index >= 15 is 0 Å². The van der Waals surface area contributed by atoms with Crippen molar-refractivity contribution in [2.24, 2.45) is 11.7 Å². The average molecular weight is 291 g/mol. The molecule has 0 radical (unpaired) electrons. The molecule has 0 bridgehead atoms. The molecule has 0 unspecified atom stereocenters. The maximum Gasteiger partial charge on any atom is 0.272 e. The third-order valence-electron chi connectivity index (χ3n) is 3.66. The van der Waals surface area contributed by atoms with E-state index in [1.54, 1.807) is 0 Å². The molecular formula is C14H17N3O4. The van der Waals surface area contributed by atoms with Gasteiger partial charge in [0.2, 0.25) is 11.8 Å². The van der Waals surface area contributed by atoms with Gasteiger partial charge in [0.15, 0.2) is 0 Å². The lowest BCUT2D eigenvalue weighted by Gasteiger charge is -2.20. The molecular weight excluding hydrogens is 274 g/mol. The summed E-state index contributed by atoms with van der Waals surface area (Å²) in [5.74, 6) is -1.01. The maximum absolute atomic E-state index is 12.1. The first-order valence-corrected chi connectivity index (χ1v) is 6.87. The lowest BCUT2D eigenvalue weighted by Crippen LogP contribution is -2.25. The summed E-state index contributed by atoms with van der Waals surface area (Å²) in [5.41, 5.74) is 5.11. The van der Waals surface area contributed by atoms with Gasteiger partial charge in [-0.25, -0.2) is 0 Å². The van der Waals surface area contributed by atoms with Crippen LogP contribution in [0.3, 0.4) is 0 Å². The number of nitro benzene ring substituents is 1. The number of benzene rings is 1. The van der Waals surface area contributed by atoms with Gasteiger partial charge in [-0.05, 0) is 18.9 Å². The maximum atomic E-state index is 12.1. The number of carbonyl (C=O) groups excluding carboxylic acids is 2. The summed E-state index contributed by atoms with van der Waals surface area (Å²) in [5, 5.41) is 13.5. The van der Waals surface area contributed by atoms with Crippen LogP contribution in [-0.2, 0) is 4.79 Å². The second-order valence-corrected chi connectivity index (χ2v) is 5.21. The lowest BCUT2D eigenvalue weighted by molar-refractivity contribution is -0.384. The molecule has 7 heteroatoms. The summed E-state index contributed by atoms with van der Waals surface area (Å²) in [4.78, 5) is 33.6. The van der Waals surface area contributed by atoms with Crippen LogP contribution in [0.2, 0.25) is 0 Å². The zero-order valence-electron chi connectivity index (χ0n) is 11.5. The number of amides is 2. The van der Waals surface area contributed by atoms with Crippen molar-refractivity contribution in [3.63, 3.8) is 0 Å². The monoisotopic (exact) mass is 291 g/mol. The zero-order chi connectivity index (χ0) is 15.4. The van der Waals surface area contributed by atoms with Crippen molar-refractivity contribution in [1.29, 1.82) is 0 Å². The van der Waals surface area contributed by atoms with Crippen molar-refractivity contribution in [3.05, 3.63) is 33.9 Å². The van der Waals surface area contributed by atoms with E-state index in [0.29, 0.717) is 0 Å². The van der Waals surface area contributed by atoms with Crippen molar-refractivity contribution < 1.29 is 14.5 Å². The number of nitrogens with one attached hydrogen (secondary N) is 1. The molecule has 1 aromatic carbocycles. The topological polar surface area (TPSA) is 115 Å². The Balaban J connectivity index is 2.20. The van der Waals surface area contributed by atoms with Crippen LogP contribution in [0.1, 0.15) is 42.5 Å². The van der Waals surface area contributed by atoms with Crippen molar-refractivity contribution in [1.82, 2.24) is 0 Å². The van der Waals surface area contributed by atoms with Crippen LogP contribution in [0, 0.1) is 16.0 Å². The highest BCUT2D eigenvalue weighted by Gasteiger charge is 2.22. The van der Waals surface area contributed by atoms with Gasteiger partial charge >= 0.3 is 0 Å². The first-order chi connectivity index (χ1) is 9.97. The molecule has 1 saturated carbocycles. The van der Waals surface area contributed by atoms with Gasteiger partial charge in [-0.1, -0.05) is 19.3 Å². The van der Waals surface area contributed by atoms with Crippen LogP contribution < -0.4 is 11.1 Å². The molecule has 112 valence electrons. The quantitative estimate of drug-likeness (QED) is 0.653. The van der Waals surface area contributed by atoms with Gasteiger partial charge in [0.25, 0.3) is 5.69 Å². The predicted octanol–water partition coefficient (Wildman–Crippen LogP) is 2.21. The molecule has 0 heterocycles. The summed E-state index contributed by atoms with van der Waals surface area (Å²) < 4.78 is 0. The van der Waals surface area contributed by atoms with E-state index in [-0.39, 0.29) is 28.8 Å². The van der Waals surface area contributed by atoms with E-state index in [1.807, 2.05) is 0 Å². The van der Waals surface area contributed by atoms with Gasteiger partial charge < -0.3 is 11.1 Å². The zero-order valence-corrected chi connectivity index (χ0v) is 11.5. The summed E-state index contributed by atoms with van der Waals surface area (Å²) in [6, 6.07) is 3.68. The Hall–Kier alpha value is -2.44. The van der Waals surface area contributed by atoms with Gasteiger partial charge in [0, 0.05) is 29.3 Å². The predicted molar refractivity (Wildman–Crippen MR) is 76.8 cm³/mol. The molecule has 1 aromatic rings. The van der Waals surface area contributed by atoms with Gasteiger partial charge in [-0.2, -0.15) is 0 Å². The number of carbonyl (C=O) groups is 2. The number of rotatable bonds is 4. The van der Waals surface area contributed by atoms with Crippen LogP contribution in [-0.4, -0.2) is 16.7 Å². The molecule has 21 heavy (non-hydrogen) atoms. The van der Waals surface area contributed by atoms with Gasteiger partial charge in [-0.15, -0.1) is 0 Å². The Labute approximate surface area is 121 Å². The second kappa shape index (κ2) is 6.34. The van der Waals surface area contributed by atoms with E-state index in [4.69, 9.17) is 5.73 Å². The normalized spacial score (nSPS) is 15.4. The van der Waals surface area contributed by atoms with Crippen molar-refractivity contribution in [3.8, 4) is 0 Å². The Morgan fingerprint density at radius 1 is 1.19 bits per heavy atom. The van der Waals surface area contributed by atoms with E-state index in [2.05, 4.69) is 5.32 Å². The van der Waals surface area contributed by atoms with E-state index in [0.717, 1.165) is 38.2 Å². The molecule has 1 fully saturated rings. The Morgan fingerprint density at radius 2 is 1.86 bits per heavy atom. The van der Waals surface area contributed by atoms with Crippen molar-refractivity contribution in [2.75, 3.05) is 5.32 Å². The molecule has 0 saturated heterocycles. The van der Waals surface area contributed by atoms with Crippen molar-refractivity contribution in [2.45, 2.75) is 32.1 Å². The van der Waals surface area contributed by atoms with Crippen LogP contribution in [0.25, 0.3) is 0 Å². The van der Waals surface area contributed by atoms with Crippen LogP contribution >= 0.6 is 0 Å². The highest BCUT2D eigenvalue weighted by Crippen LogP contribution is 2.26. The molecule has 0 spiro atoms. The Morgan fingerprint density at radius 3 is 2.43 bits per heavy atom. The van der Waals surface area contributed by atoms with E-state index in [1.165, 1.54) is 12.1 Å². The lowest BCUT2D eigenvalue weighted by atomic mass is 9.88. The number of hydrogen-bond acceptors (Lipinski definition) is 4. The average Bonchev–Trinajstić information content (AvgIpc) is 2.47. The fourth-order valence-corrected chi connectivity index (χ4v) is 2.54. The first kappa shape index (κ1) is 15.0. The second-order valence-electron chi connectivity index (χ2n) is 5.21. The van der Waals surface area contributed by atoms with Crippen molar-refractivity contribution >= 4 is 23.2 Å². The van der Waals surface area contributed by atoms with E-state index < -0.39 is 10.8 Å². The Kier molecular flexibility index (Phi) is 4.52. The van der Waals surface area contributed by atoms with Crippen LogP contribution in [0.4, 0.5) is 11.4 Å². The minimum Gasteiger partial charge on any atom is -0.366 e. The van der Waals surface area contributed by atoms with Gasteiger partial charge in [0.05, 0.1) is 4.92 Å². The van der Waals surface area contributed by atoms with Gasteiger partial charge in [0.1, 0.15) is 0 Å². The highest BCUT2D eigenvalue weighted by molar-refractivity contribution is 5.97. The minimum absolute atomic E-state index is 0.00291. The smallest absolute Gasteiger partial charge is 0.272 e.